The third kappa shape index (κ3) is 4.82. The number of nitro groups is 1. The molecule has 9 nitrogen and oxygen atoms in total. The Morgan fingerprint density at radius 2 is 1.93 bits per heavy atom. The molecule has 1 aromatic heterocycles. The molecule has 2 N–H and O–H groups in total. The number of benzene rings is 1. The maximum absolute atomic E-state index is 12.9. The summed E-state index contributed by atoms with van der Waals surface area (Å²) < 4.78 is 5.37. The summed E-state index contributed by atoms with van der Waals surface area (Å²) in [7, 11) is 0. The summed E-state index contributed by atoms with van der Waals surface area (Å²) in [6.45, 7) is 2.78. The van der Waals surface area contributed by atoms with Crippen LogP contribution in [-0.4, -0.2) is 28.8 Å². The predicted molar refractivity (Wildman–Crippen MR) is 112 cm³/mol. The molecule has 1 heterocycles. The maximum atomic E-state index is 12.9. The van der Waals surface area contributed by atoms with Crippen molar-refractivity contribution in [3.63, 3.8) is 0 Å². The molecule has 0 saturated carbocycles. The van der Waals surface area contributed by atoms with Crippen LogP contribution in [0.2, 0.25) is 0 Å². The number of esters is 1. The van der Waals surface area contributed by atoms with Crippen LogP contribution in [0, 0.1) is 10.1 Å². The highest BCUT2D eigenvalue weighted by atomic mass is 32.1. The first-order chi connectivity index (χ1) is 14.3. The Labute approximate surface area is 176 Å². The largest absolute Gasteiger partial charge is 0.449 e. The van der Waals surface area contributed by atoms with Crippen LogP contribution in [0.1, 0.15) is 47.5 Å². The van der Waals surface area contributed by atoms with E-state index in [1.54, 1.807) is 0 Å². The number of anilines is 2. The van der Waals surface area contributed by atoms with E-state index >= 15 is 0 Å². The number of amides is 2. The summed E-state index contributed by atoms with van der Waals surface area (Å²) in [6.07, 6.45) is 2.36. The van der Waals surface area contributed by atoms with Crippen molar-refractivity contribution in [1.29, 1.82) is 0 Å². The topological polar surface area (TPSA) is 128 Å². The molecule has 158 valence electrons. The molecule has 2 aromatic rings. The zero-order valence-electron chi connectivity index (χ0n) is 16.5. The van der Waals surface area contributed by atoms with Gasteiger partial charge in [-0.1, -0.05) is 6.07 Å². The van der Waals surface area contributed by atoms with Crippen LogP contribution < -0.4 is 10.6 Å². The molecule has 1 aliphatic carbocycles. The Hall–Kier alpha value is -3.27. The number of fused-ring (bicyclic) bond motifs is 1. The van der Waals surface area contributed by atoms with E-state index in [0.717, 1.165) is 29.7 Å². The summed E-state index contributed by atoms with van der Waals surface area (Å²) in [4.78, 5) is 48.2. The number of hydrogen-bond acceptors (Lipinski definition) is 7. The zero-order valence-corrected chi connectivity index (χ0v) is 17.3. The second kappa shape index (κ2) is 9.04. The van der Waals surface area contributed by atoms with Gasteiger partial charge in [0, 0.05) is 29.6 Å². The number of hydrogen-bond donors (Lipinski definition) is 2. The molecule has 0 bridgehead atoms. The van der Waals surface area contributed by atoms with Gasteiger partial charge in [0.1, 0.15) is 5.00 Å². The van der Waals surface area contributed by atoms with E-state index < -0.39 is 22.9 Å². The Morgan fingerprint density at radius 1 is 1.20 bits per heavy atom. The minimum Gasteiger partial charge on any atom is -0.449 e. The van der Waals surface area contributed by atoms with Gasteiger partial charge in [0.2, 0.25) is 5.91 Å². The molecule has 1 unspecified atom stereocenters. The lowest BCUT2D eigenvalue weighted by atomic mass is 9.95. The van der Waals surface area contributed by atoms with Gasteiger partial charge in [0.25, 0.3) is 11.6 Å². The van der Waals surface area contributed by atoms with Crippen LogP contribution in [0.5, 0.6) is 0 Å². The van der Waals surface area contributed by atoms with Gasteiger partial charge < -0.3 is 15.4 Å². The van der Waals surface area contributed by atoms with E-state index in [9.17, 15) is 24.5 Å². The molecule has 3 rings (SSSR count). The molecule has 0 fully saturated rings. The van der Waals surface area contributed by atoms with E-state index in [1.165, 1.54) is 49.4 Å². The summed E-state index contributed by atoms with van der Waals surface area (Å²) in [6, 6.07) is 5.48. The molecule has 0 spiro atoms. The van der Waals surface area contributed by atoms with Gasteiger partial charge in [-0.2, -0.15) is 0 Å². The number of nitro benzene ring substituents is 1. The monoisotopic (exact) mass is 431 g/mol. The number of carbonyl (C=O) groups is 3. The van der Waals surface area contributed by atoms with Crippen LogP contribution in [-0.2, 0) is 27.2 Å². The van der Waals surface area contributed by atoms with E-state index in [-0.39, 0.29) is 17.3 Å². The SMILES string of the molecule is CC(=O)Nc1sc2c(c1C(=O)OC(C)C(=O)Nc1cccc([N+](=O)[O-])c1)CCCC2. The van der Waals surface area contributed by atoms with Crippen LogP contribution in [0.4, 0.5) is 16.4 Å². The Morgan fingerprint density at radius 3 is 2.63 bits per heavy atom. The minimum absolute atomic E-state index is 0.165. The lowest BCUT2D eigenvalue weighted by Gasteiger charge is -2.16. The number of nitrogens with zero attached hydrogens (tertiary/aromatic N) is 1. The van der Waals surface area contributed by atoms with Crippen LogP contribution in [0.15, 0.2) is 24.3 Å². The first-order valence-corrected chi connectivity index (χ1v) is 10.3. The van der Waals surface area contributed by atoms with Crippen molar-refractivity contribution in [2.45, 2.75) is 45.6 Å². The molecule has 1 atom stereocenters. The quantitative estimate of drug-likeness (QED) is 0.408. The van der Waals surface area contributed by atoms with Gasteiger partial charge in [0.05, 0.1) is 10.5 Å². The van der Waals surface area contributed by atoms with E-state index in [1.807, 2.05) is 0 Å². The van der Waals surface area contributed by atoms with Crippen molar-refractivity contribution in [3.8, 4) is 0 Å². The fourth-order valence-electron chi connectivity index (χ4n) is 3.24. The molecule has 2 amide bonds. The lowest BCUT2D eigenvalue weighted by Crippen LogP contribution is -2.30. The summed E-state index contributed by atoms with van der Waals surface area (Å²) in [5.74, 6) is -1.59. The normalized spacial score (nSPS) is 13.7. The highest BCUT2D eigenvalue weighted by Gasteiger charge is 2.29. The molecule has 1 aliphatic rings. The second-order valence-electron chi connectivity index (χ2n) is 6.94. The zero-order chi connectivity index (χ0) is 21.8. The van der Waals surface area contributed by atoms with Gasteiger partial charge >= 0.3 is 5.97 Å². The van der Waals surface area contributed by atoms with Crippen LogP contribution in [0.25, 0.3) is 0 Å². The average Bonchev–Trinajstić information content (AvgIpc) is 3.05. The minimum atomic E-state index is -1.14. The Bertz CT molecular complexity index is 1020. The number of rotatable bonds is 6. The third-order valence-electron chi connectivity index (χ3n) is 4.64. The number of thiophene rings is 1. The van der Waals surface area contributed by atoms with Crippen molar-refractivity contribution in [1.82, 2.24) is 0 Å². The average molecular weight is 431 g/mol. The molecule has 10 heteroatoms. The van der Waals surface area contributed by atoms with Crippen molar-refractivity contribution in [3.05, 3.63) is 50.4 Å². The van der Waals surface area contributed by atoms with Gasteiger partial charge in [-0.25, -0.2) is 4.79 Å². The molecule has 0 aliphatic heterocycles. The highest BCUT2D eigenvalue weighted by Crippen LogP contribution is 2.38. The molecule has 1 aromatic carbocycles. The number of nitrogens with one attached hydrogen (secondary N) is 2. The van der Waals surface area contributed by atoms with Gasteiger partial charge in [-0.05, 0) is 44.2 Å². The first-order valence-electron chi connectivity index (χ1n) is 9.44. The van der Waals surface area contributed by atoms with E-state index in [0.29, 0.717) is 17.0 Å². The fourth-order valence-corrected chi connectivity index (χ4v) is 4.57. The number of non-ortho nitro benzene ring substituents is 1. The summed E-state index contributed by atoms with van der Waals surface area (Å²) in [5, 5.41) is 16.5. The maximum Gasteiger partial charge on any atom is 0.342 e. The van der Waals surface area contributed by atoms with E-state index in [4.69, 9.17) is 4.74 Å². The second-order valence-corrected chi connectivity index (χ2v) is 8.05. The first kappa shape index (κ1) is 21.4. The van der Waals surface area contributed by atoms with Gasteiger partial charge in [-0.3, -0.25) is 19.7 Å². The Balaban J connectivity index is 1.74. The number of carbonyl (C=O) groups excluding carboxylic acids is 3. The van der Waals surface area contributed by atoms with Crippen molar-refractivity contribution >= 4 is 45.5 Å². The van der Waals surface area contributed by atoms with Crippen molar-refractivity contribution < 1.29 is 24.0 Å². The highest BCUT2D eigenvalue weighted by molar-refractivity contribution is 7.17. The molecule has 0 radical (unpaired) electrons. The van der Waals surface area contributed by atoms with Gasteiger partial charge in [0.15, 0.2) is 6.10 Å². The lowest BCUT2D eigenvalue weighted by molar-refractivity contribution is -0.384. The number of aryl methyl sites for hydroxylation is 1. The Kier molecular flexibility index (Phi) is 6.46. The molecular formula is C20H21N3O6S. The molecule has 30 heavy (non-hydrogen) atoms. The van der Waals surface area contributed by atoms with Gasteiger partial charge in [-0.15, -0.1) is 11.3 Å². The van der Waals surface area contributed by atoms with E-state index in [2.05, 4.69) is 10.6 Å². The predicted octanol–water partition coefficient (Wildman–Crippen LogP) is 3.68. The van der Waals surface area contributed by atoms with Crippen molar-refractivity contribution in [2.24, 2.45) is 0 Å². The fraction of sp³-hybridized carbons (Fsp3) is 0.350. The summed E-state index contributed by atoms with van der Waals surface area (Å²) >= 11 is 1.36. The number of ether oxygens (including phenoxy) is 1. The smallest absolute Gasteiger partial charge is 0.342 e. The molecular weight excluding hydrogens is 410 g/mol. The standard InChI is InChI=1S/C20H21N3O6S/c1-11(18(25)22-13-6-5-7-14(10-13)23(27)28)29-20(26)17-15-8-3-4-9-16(15)30-19(17)21-12(2)24/h5-7,10-11H,3-4,8-9H2,1-2H3,(H,21,24)(H,22,25). The summed E-state index contributed by atoms with van der Waals surface area (Å²) in [5.41, 5.74) is 1.23. The van der Waals surface area contributed by atoms with Crippen LogP contribution >= 0.6 is 11.3 Å². The molecule has 0 saturated heterocycles. The van der Waals surface area contributed by atoms with Crippen LogP contribution in [0.3, 0.4) is 0 Å². The third-order valence-corrected chi connectivity index (χ3v) is 5.85. The van der Waals surface area contributed by atoms with Crippen molar-refractivity contribution in [2.75, 3.05) is 10.6 Å².